The van der Waals surface area contributed by atoms with Crippen LogP contribution in [0, 0.1) is 0 Å². The van der Waals surface area contributed by atoms with Gasteiger partial charge in [0.1, 0.15) is 0 Å². The van der Waals surface area contributed by atoms with Gasteiger partial charge in [0.15, 0.2) is 0 Å². The third kappa shape index (κ3) is 2.10. The van der Waals surface area contributed by atoms with Gasteiger partial charge in [-0.25, -0.2) is 0 Å². The highest BCUT2D eigenvalue weighted by Crippen LogP contribution is 2.41. The molecule has 0 radical (unpaired) electrons. The van der Waals surface area contributed by atoms with Crippen molar-refractivity contribution in [2.24, 2.45) is 0 Å². The Bertz CT molecular complexity index is 773. The zero-order chi connectivity index (χ0) is 13.6. The molecule has 0 nitrogen and oxygen atoms in total. The number of aryl methyl sites for hydroxylation is 2. The number of halogens is 2. The minimum absolute atomic E-state index is 0.961. The molecule has 0 aliphatic heterocycles. The molecule has 98 valence electrons. The molecule has 0 fully saturated rings. The first-order chi connectivity index (χ1) is 9.15. The van der Waals surface area contributed by atoms with Crippen molar-refractivity contribution in [2.75, 3.05) is 0 Å². The summed E-state index contributed by atoms with van der Waals surface area (Å²) in [6.07, 6.45) is 1.97. The highest BCUT2D eigenvalue weighted by atomic mass is 79.9. The minimum atomic E-state index is 0.961. The molecule has 1 aromatic heterocycles. The Labute approximate surface area is 130 Å². The Morgan fingerprint density at radius 1 is 1.11 bits per heavy atom. The van der Waals surface area contributed by atoms with Crippen LogP contribution in [0.25, 0.3) is 20.2 Å². The van der Waals surface area contributed by atoms with Crippen LogP contribution >= 0.6 is 38.9 Å². The average molecular weight is 354 g/mol. The molecular formula is C16H14BrClS. The molecule has 0 saturated carbocycles. The van der Waals surface area contributed by atoms with Crippen LogP contribution < -0.4 is 0 Å². The molecule has 0 saturated heterocycles. The van der Waals surface area contributed by atoms with E-state index in [1.807, 2.05) is 11.3 Å². The number of hydrogen-bond acceptors (Lipinski definition) is 1. The van der Waals surface area contributed by atoms with Crippen molar-refractivity contribution in [3.63, 3.8) is 0 Å². The molecule has 0 atom stereocenters. The molecule has 0 bridgehead atoms. The zero-order valence-electron chi connectivity index (χ0n) is 10.9. The fourth-order valence-corrected chi connectivity index (χ4v) is 4.89. The van der Waals surface area contributed by atoms with Gasteiger partial charge in [-0.2, -0.15) is 0 Å². The van der Waals surface area contributed by atoms with Gasteiger partial charge in [0, 0.05) is 29.7 Å². The first kappa shape index (κ1) is 13.4. The van der Waals surface area contributed by atoms with Gasteiger partial charge in [-0.3, -0.25) is 0 Å². The maximum Gasteiger partial charge on any atom is 0.0484 e. The minimum Gasteiger partial charge on any atom is -0.135 e. The van der Waals surface area contributed by atoms with E-state index < -0.39 is 0 Å². The summed E-state index contributed by atoms with van der Waals surface area (Å²) < 4.78 is 3.80. The molecule has 1 heterocycles. The summed E-state index contributed by atoms with van der Waals surface area (Å²) in [4.78, 5) is 0. The topological polar surface area (TPSA) is 0 Å². The lowest BCUT2D eigenvalue weighted by Crippen LogP contribution is -1.89. The molecule has 0 spiro atoms. The second-order valence-electron chi connectivity index (χ2n) is 4.65. The van der Waals surface area contributed by atoms with Crippen molar-refractivity contribution in [3.8, 4) is 0 Å². The predicted octanol–water partition coefficient (Wildman–Crippen LogP) is 6.60. The van der Waals surface area contributed by atoms with E-state index in [9.17, 15) is 0 Å². The summed E-state index contributed by atoms with van der Waals surface area (Å²) in [5.74, 6) is 0. The maximum absolute atomic E-state index is 6.54. The van der Waals surface area contributed by atoms with Gasteiger partial charge >= 0.3 is 0 Å². The Morgan fingerprint density at radius 3 is 2.58 bits per heavy atom. The third-order valence-corrected chi connectivity index (χ3v) is 5.76. The Balaban J connectivity index is 2.49. The van der Waals surface area contributed by atoms with Gasteiger partial charge in [-0.05, 0) is 42.2 Å². The number of benzene rings is 2. The van der Waals surface area contributed by atoms with Gasteiger partial charge in [-0.15, -0.1) is 11.3 Å². The SMILES string of the molecule is CCc1cc2c(sc3cc(Br)ccc32)c(CC)c1Cl. The highest BCUT2D eigenvalue weighted by Gasteiger charge is 2.14. The number of fused-ring (bicyclic) bond motifs is 3. The summed E-state index contributed by atoms with van der Waals surface area (Å²) >= 11 is 11.9. The van der Waals surface area contributed by atoms with Crippen LogP contribution in [0.4, 0.5) is 0 Å². The summed E-state index contributed by atoms with van der Waals surface area (Å²) in [6.45, 7) is 4.35. The smallest absolute Gasteiger partial charge is 0.0484 e. The monoisotopic (exact) mass is 352 g/mol. The van der Waals surface area contributed by atoms with Crippen molar-refractivity contribution in [2.45, 2.75) is 26.7 Å². The molecule has 0 N–H and O–H groups in total. The maximum atomic E-state index is 6.54. The second kappa shape index (κ2) is 5.08. The van der Waals surface area contributed by atoms with Crippen LogP contribution in [0.15, 0.2) is 28.7 Å². The molecule has 0 aliphatic carbocycles. The average Bonchev–Trinajstić information content (AvgIpc) is 2.74. The Kier molecular flexibility index (Phi) is 3.59. The molecule has 19 heavy (non-hydrogen) atoms. The van der Waals surface area contributed by atoms with E-state index in [1.54, 1.807) is 0 Å². The second-order valence-corrected chi connectivity index (χ2v) is 7.00. The fourth-order valence-electron chi connectivity index (χ4n) is 2.56. The number of rotatable bonds is 2. The van der Waals surface area contributed by atoms with E-state index >= 15 is 0 Å². The molecule has 3 rings (SSSR count). The molecular weight excluding hydrogens is 340 g/mol. The molecule has 3 aromatic rings. The largest absolute Gasteiger partial charge is 0.135 e. The van der Waals surface area contributed by atoms with E-state index in [2.05, 4.69) is 54.0 Å². The van der Waals surface area contributed by atoms with Crippen molar-refractivity contribution in [1.29, 1.82) is 0 Å². The lowest BCUT2D eigenvalue weighted by Gasteiger charge is -2.08. The van der Waals surface area contributed by atoms with Gasteiger partial charge in [0.25, 0.3) is 0 Å². The first-order valence-corrected chi connectivity index (χ1v) is 8.46. The van der Waals surface area contributed by atoms with Gasteiger partial charge in [-0.1, -0.05) is 47.4 Å². The van der Waals surface area contributed by atoms with Crippen LogP contribution in [0.5, 0.6) is 0 Å². The first-order valence-electron chi connectivity index (χ1n) is 6.47. The van der Waals surface area contributed by atoms with E-state index in [0.29, 0.717) is 0 Å². The number of hydrogen-bond donors (Lipinski definition) is 0. The molecule has 2 aromatic carbocycles. The highest BCUT2D eigenvalue weighted by molar-refractivity contribution is 9.10. The van der Waals surface area contributed by atoms with Crippen LogP contribution in [-0.2, 0) is 12.8 Å². The number of thiophene rings is 1. The van der Waals surface area contributed by atoms with E-state index in [1.165, 1.54) is 31.3 Å². The fraction of sp³-hybridized carbons (Fsp3) is 0.250. The normalized spacial score (nSPS) is 11.6. The Hall–Kier alpha value is -0.570. The van der Waals surface area contributed by atoms with E-state index in [-0.39, 0.29) is 0 Å². The summed E-state index contributed by atoms with van der Waals surface area (Å²) in [5.41, 5.74) is 2.56. The van der Waals surface area contributed by atoms with E-state index in [0.717, 1.165) is 22.3 Å². The lowest BCUT2D eigenvalue weighted by molar-refractivity contribution is 1.11. The molecule has 0 amide bonds. The lowest BCUT2D eigenvalue weighted by atomic mass is 10.0. The summed E-state index contributed by atoms with van der Waals surface area (Å²) in [7, 11) is 0. The van der Waals surface area contributed by atoms with Gasteiger partial charge < -0.3 is 0 Å². The quantitative estimate of drug-likeness (QED) is 0.487. The van der Waals surface area contributed by atoms with E-state index in [4.69, 9.17) is 11.6 Å². The van der Waals surface area contributed by atoms with Crippen LogP contribution in [0.1, 0.15) is 25.0 Å². The van der Waals surface area contributed by atoms with Crippen LogP contribution in [-0.4, -0.2) is 0 Å². The van der Waals surface area contributed by atoms with Crippen molar-refractivity contribution < 1.29 is 0 Å². The summed E-state index contributed by atoms with van der Waals surface area (Å²) in [5, 5.41) is 3.65. The third-order valence-electron chi connectivity index (χ3n) is 3.56. The van der Waals surface area contributed by atoms with Crippen LogP contribution in [0.2, 0.25) is 5.02 Å². The van der Waals surface area contributed by atoms with Crippen molar-refractivity contribution in [3.05, 3.63) is 44.9 Å². The summed E-state index contributed by atoms with van der Waals surface area (Å²) in [6, 6.07) is 8.77. The van der Waals surface area contributed by atoms with Gasteiger partial charge in [0.2, 0.25) is 0 Å². The van der Waals surface area contributed by atoms with Gasteiger partial charge in [0.05, 0.1) is 0 Å². The van der Waals surface area contributed by atoms with Crippen molar-refractivity contribution in [1.82, 2.24) is 0 Å². The molecule has 0 aliphatic rings. The Morgan fingerprint density at radius 2 is 1.89 bits per heavy atom. The predicted molar refractivity (Wildman–Crippen MR) is 90.8 cm³/mol. The van der Waals surface area contributed by atoms with Crippen LogP contribution in [0.3, 0.4) is 0 Å². The zero-order valence-corrected chi connectivity index (χ0v) is 14.0. The molecule has 0 unspecified atom stereocenters. The van der Waals surface area contributed by atoms with Crippen molar-refractivity contribution >= 4 is 59.0 Å². The standard InChI is InChI=1S/C16H14BrClS/c1-3-9-7-13-12-6-5-10(17)8-14(12)19-16(13)11(4-2)15(9)18/h5-8H,3-4H2,1-2H3. The molecule has 3 heteroatoms.